The van der Waals surface area contributed by atoms with Gasteiger partial charge in [0.2, 0.25) is 5.88 Å². The summed E-state index contributed by atoms with van der Waals surface area (Å²) in [5.41, 5.74) is 0.894. The molecule has 0 amide bonds. The van der Waals surface area contributed by atoms with Gasteiger partial charge in [-0.3, -0.25) is 4.79 Å². The minimum absolute atomic E-state index is 0.0737. The van der Waals surface area contributed by atoms with E-state index in [0.717, 1.165) is 24.3 Å². The zero-order valence-corrected chi connectivity index (χ0v) is 10.8. The van der Waals surface area contributed by atoms with E-state index in [1.807, 2.05) is 6.92 Å². The van der Waals surface area contributed by atoms with Crippen molar-refractivity contribution >= 4 is 11.8 Å². The van der Waals surface area contributed by atoms with Gasteiger partial charge in [-0.25, -0.2) is 9.97 Å². The number of hydrogen-bond acceptors (Lipinski definition) is 6. The Morgan fingerprint density at radius 1 is 1.44 bits per heavy atom. The van der Waals surface area contributed by atoms with Crippen LogP contribution in [-0.4, -0.2) is 43.2 Å². The highest BCUT2D eigenvalue weighted by atomic mass is 16.5. The second-order valence-corrected chi connectivity index (χ2v) is 4.29. The van der Waals surface area contributed by atoms with Crippen molar-refractivity contribution in [1.82, 2.24) is 9.97 Å². The normalized spacial score (nSPS) is 18.8. The van der Waals surface area contributed by atoms with E-state index in [2.05, 4.69) is 14.9 Å². The number of rotatable bonds is 3. The van der Waals surface area contributed by atoms with Crippen LogP contribution in [0.15, 0.2) is 6.33 Å². The zero-order valence-electron chi connectivity index (χ0n) is 10.8. The molecule has 1 aliphatic heterocycles. The third-order valence-corrected chi connectivity index (χ3v) is 3.23. The monoisotopic (exact) mass is 251 g/mol. The molecule has 1 aliphatic rings. The largest absolute Gasteiger partial charge is 0.481 e. The predicted molar refractivity (Wildman–Crippen MR) is 65.7 cm³/mol. The number of carbonyl (C=O) groups is 1. The second kappa shape index (κ2) is 5.20. The van der Waals surface area contributed by atoms with Crippen LogP contribution in [0.5, 0.6) is 5.88 Å². The Balaban J connectivity index is 2.17. The van der Waals surface area contributed by atoms with E-state index in [-0.39, 0.29) is 11.9 Å². The maximum atomic E-state index is 11.5. The van der Waals surface area contributed by atoms with Crippen LogP contribution in [-0.2, 0) is 9.53 Å². The van der Waals surface area contributed by atoms with Crippen LogP contribution in [0.3, 0.4) is 0 Å². The van der Waals surface area contributed by atoms with Crippen LogP contribution >= 0.6 is 0 Å². The lowest BCUT2D eigenvalue weighted by molar-refractivity contribution is -0.144. The summed E-state index contributed by atoms with van der Waals surface area (Å²) in [6.45, 7) is 3.34. The van der Waals surface area contributed by atoms with Crippen molar-refractivity contribution in [3.05, 3.63) is 11.9 Å². The molecule has 2 rings (SSSR count). The van der Waals surface area contributed by atoms with Crippen LogP contribution in [0.25, 0.3) is 0 Å². The quantitative estimate of drug-likeness (QED) is 0.740. The number of ether oxygens (including phenoxy) is 2. The lowest BCUT2D eigenvalue weighted by Crippen LogP contribution is -2.25. The van der Waals surface area contributed by atoms with Crippen molar-refractivity contribution < 1.29 is 14.3 Å². The maximum absolute atomic E-state index is 11.5. The van der Waals surface area contributed by atoms with Gasteiger partial charge in [0.25, 0.3) is 0 Å². The Bertz CT molecular complexity index is 450. The first kappa shape index (κ1) is 12.6. The SMILES string of the molecule is COC(=O)C1CCN(c2ncnc(OC)c2C)C1. The molecule has 1 unspecified atom stereocenters. The highest BCUT2D eigenvalue weighted by molar-refractivity contribution is 5.74. The van der Waals surface area contributed by atoms with Crippen molar-refractivity contribution in [2.24, 2.45) is 5.92 Å². The molecule has 0 N–H and O–H groups in total. The number of nitrogens with zero attached hydrogens (tertiary/aromatic N) is 3. The van der Waals surface area contributed by atoms with Gasteiger partial charge in [-0.2, -0.15) is 0 Å². The van der Waals surface area contributed by atoms with Gasteiger partial charge in [-0.1, -0.05) is 0 Å². The molecule has 1 atom stereocenters. The average molecular weight is 251 g/mol. The van der Waals surface area contributed by atoms with E-state index in [0.29, 0.717) is 12.4 Å². The molecule has 2 heterocycles. The molecule has 0 aliphatic carbocycles. The first-order chi connectivity index (χ1) is 8.67. The zero-order chi connectivity index (χ0) is 13.1. The van der Waals surface area contributed by atoms with Gasteiger partial charge in [0.1, 0.15) is 12.1 Å². The van der Waals surface area contributed by atoms with E-state index in [4.69, 9.17) is 9.47 Å². The van der Waals surface area contributed by atoms with Crippen molar-refractivity contribution in [2.75, 3.05) is 32.2 Å². The van der Waals surface area contributed by atoms with Gasteiger partial charge in [-0.05, 0) is 13.3 Å². The molecule has 0 bridgehead atoms. The molecule has 0 saturated carbocycles. The summed E-state index contributed by atoms with van der Waals surface area (Å²) in [5, 5.41) is 0. The number of anilines is 1. The standard InChI is InChI=1S/C12H17N3O3/c1-8-10(13-7-14-11(8)17-2)15-5-4-9(6-15)12(16)18-3/h7,9H,4-6H2,1-3H3. The Labute approximate surface area is 106 Å². The van der Waals surface area contributed by atoms with Gasteiger partial charge in [0, 0.05) is 13.1 Å². The van der Waals surface area contributed by atoms with Crippen molar-refractivity contribution in [3.63, 3.8) is 0 Å². The average Bonchev–Trinajstić information content (AvgIpc) is 2.87. The Morgan fingerprint density at radius 2 is 2.22 bits per heavy atom. The minimum Gasteiger partial charge on any atom is -0.481 e. The Hall–Kier alpha value is -1.85. The van der Waals surface area contributed by atoms with Gasteiger partial charge in [-0.15, -0.1) is 0 Å². The Kier molecular flexibility index (Phi) is 3.64. The van der Waals surface area contributed by atoms with E-state index in [1.54, 1.807) is 7.11 Å². The van der Waals surface area contributed by atoms with E-state index < -0.39 is 0 Å². The molecule has 98 valence electrons. The van der Waals surface area contributed by atoms with Crippen molar-refractivity contribution in [3.8, 4) is 5.88 Å². The smallest absolute Gasteiger partial charge is 0.310 e. The summed E-state index contributed by atoms with van der Waals surface area (Å²) >= 11 is 0. The molecule has 0 spiro atoms. The molecule has 0 radical (unpaired) electrons. The van der Waals surface area contributed by atoms with Crippen LogP contribution in [0.1, 0.15) is 12.0 Å². The van der Waals surface area contributed by atoms with Gasteiger partial charge < -0.3 is 14.4 Å². The fraction of sp³-hybridized carbons (Fsp3) is 0.583. The fourth-order valence-electron chi connectivity index (χ4n) is 2.26. The van der Waals surface area contributed by atoms with Crippen molar-refractivity contribution in [1.29, 1.82) is 0 Å². The molecular weight excluding hydrogens is 234 g/mol. The van der Waals surface area contributed by atoms with E-state index in [9.17, 15) is 4.79 Å². The number of esters is 1. The number of aromatic nitrogens is 2. The summed E-state index contributed by atoms with van der Waals surface area (Å²) in [6, 6.07) is 0. The molecule has 0 aromatic carbocycles. The molecule has 6 heteroatoms. The lowest BCUT2D eigenvalue weighted by Gasteiger charge is -2.19. The third-order valence-electron chi connectivity index (χ3n) is 3.23. The topological polar surface area (TPSA) is 64.5 Å². The summed E-state index contributed by atoms with van der Waals surface area (Å²) in [5.74, 6) is 1.17. The van der Waals surface area contributed by atoms with Gasteiger partial charge >= 0.3 is 5.97 Å². The van der Waals surface area contributed by atoms with Crippen LogP contribution in [0.2, 0.25) is 0 Å². The third kappa shape index (κ3) is 2.23. The van der Waals surface area contributed by atoms with E-state index >= 15 is 0 Å². The number of methoxy groups -OCH3 is 2. The predicted octanol–water partition coefficient (Wildman–Crippen LogP) is 0.793. The van der Waals surface area contributed by atoms with E-state index in [1.165, 1.54) is 13.4 Å². The summed E-state index contributed by atoms with van der Waals surface area (Å²) in [4.78, 5) is 21.9. The van der Waals surface area contributed by atoms with Crippen molar-refractivity contribution in [2.45, 2.75) is 13.3 Å². The molecular formula is C12H17N3O3. The highest BCUT2D eigenvalue weighted by Gasteiger charge is 2.30. The highest BCUT2D eigenvalue weighted by Crippen LogP contribution is 2.28. The lowest BCUT2D eigenvalue weighted by atomic mass is 10.1. The minimum atomic E-state index is -0.156. The van der Waals surface area contributed by atoms with Crippen LogP contribution < -0.4 is 9.64 Å². The summed E-state index contributed by atoms with van der Waals surface area (Å²) in [6.07, 6.45) is 2.27. The number of hydrogen-bond donors (Lipinski definition) is 0. The van der Waals surface area contributed by atoms with Crippen LogP contribution in [0.4, 0.5) is 5.82 Å². The second-order valence-electron chi connectivity index (χ2n) is 4.29. The molecule has 1 saturated heterocycles. The van der Waals surface area contributed by atoms with Crippen LogP contribution in [0, 0.1) is 12.8 Å². The first-order valence-electron chi connectivity index (χ1n) is 5.85. The molecule has 1 aromatic rings. The fourth-order valence-corrected chi connectivity index (χ4v) is 2.26. The molecule has 1 aromatic heterocycles. The van der Waals surface area contributed by atoms with Gasteiger partial charge in [0.05, 0.1) is 25.7 Å². The summed E-state index contributed by atoms with van der Waals surface area (Å²) < 4.78 is 9.94. The Morgan fingerprint density at radius 3 is 2.89 bits per heavy atom. The molecule has 18 heavy (non-hydrogen) atoms. The van der Waals surface area contributed by atoms with Gasteiger partial charge in [0.15, 0.2) is 0 Å². The number of carbonyl (C=O) groups excluding carboxylic acids is 1. The molecule has 1 fully saturated rings. The molecule has 6 nitrogen and oxygen atoms in total. The first-order valence-corrected chi connectivity index (χ1v) is 5.85. The maximum Gasteiger partial charge on any atom is 0.310 e. The summed E-state index contributed by atoms with van der Waals surface area (Å²) in [7, 11) is 3.00.